The molecule has 20 heavy (non-hydrogen) atoms. The van der Waals surface area contributed by atoms with Gasteiger partial charge in [0.2, 0.25) is 5.01 Å². The highest BCUT2D eigenvalue weighted by atomic mass is 32.1. The number of esters is 1. The predicted molar refractivity (Wildman–Crippen MR) is 73.8 cm³/mol. The Morgan fingerprint density at radius 3 is 3.00 bits per heavy atom. The maximum atomic E-state index is 12.2. The topological polar surface area (TPSA) is 79.7 Å². The van der Waals surface area contributed by atoms with Crippen LogP contribution in [0.1, 0.15) is 40.6 Å². The molecule has 0 radical (unpaired) electrons. The number of aromatic nitrogens is 1. The lowest BCUT2D eigenvalue weighted by atomic mass is 10.0. The number of aliphatic hydroxyl groups is 1. The molecule has 1 aliphatic rings. The summed E-state index contributed by atoms with van der Waals surface area (Å²) < 4.78 is 4.85. The summed E-state index contributed by atoms with van der Waals surface area (Å²) in [7, 11) is 0. The van der Waals surface area contributed by atoms with Crippen LogP contribution in [0.3, 0.4) is 0 Å². The molecule has 2 rings (SSSR count). The van der Waals surface area contributed by atoms with Gasteiger partial charge < -0.3 is 14.7 Å². The van der Waals surface area contributed by atoms with E-state index in [1.807, 2.05) is 0 Å². The van der Waals surface area contributed by atoms with E-state index in [0.29, 0.717) is 13.1 Å². The Morgan fingerprint density at radius 2 is 2.40 bits per heavy atom. The number of amides is 1. The molecule has 1 fully saturated rings. The van der Waals surface area contributed by atoms with Gasteiger partial charge in [-0.2, -0.15) is 0 Å². The minimum absolute atomic E-state index is 0.113. The van der Waals surface area contributed by atoms with Crippen molar-refractivity contribution in [3.8, 4) is 0 Å². The van der Waals surface area contributed by atoms with Gasteiger partial charge in [-0.3, -0.25) is 4.79 Å². The van der Waals surface area contributed by atoms with Crippen molar-refractivity contribution >= 4 is 23.2 Å². The average Bonchev–Trinajstić information content (AvgIpc) is 3.08. The monoisotopic (exact) mass is 298 g/mol. The number of nitrogens with zero attached hydrogens (tertiary/aromatic N) is 2. The second-order valence-electron chi connectivity index (χ2n) is 4.80. The Kier molecular flexibility index (Phi) is 4.72. The highest BCUT2D eigenvalue weighted by Crippen LogP contribution is 2.22. The molecule has 1 aromatic heterocycles. The van der Waals surface area contributed by atoms with Crippen molar-refractivity contribution in [1.29, 1.82) is 0 Å². The molecule has 6 nitrogen and oxygen atoms in total. The molecule has 1 aliphatic heterocycles. The van der Waals surface area contributed by atoms with Crippen molar-refractivity contribution in [3.05, 3.63) is 16.1 Å². The highest BCUT2D eigenvalue weighted by molar-refractivity contribution is 7.11. The molecule has 7 heteroatoms. The number of likely N-dealkylation sites (tertiary alicyclic amines) is 1. The summed E-state index contributed by atoms with van der Waals surface area (Å²) in [5.41, 5.74) is 0.268. The highest BCUT2D eigenvalue weighted by Gasteiger charge is 2.30. The summed E-state index contributed by atoms with van der Waals surface area (Å²) in [6.07, 6.45) is 0.372. The van der Waals surface area contributed by atoms with Crippen molar-refractivity contribution in [2.24, 2.45) is 5.92 Å². The zero-order valence-corrected chi connectivity index (χ0v) is 12.4. The van der Waals surface area contributed by atoms with E-state index in [0.717, 1.165) is 17.8 Å². The molecule has 0 spiro atoms. The fourth-order valence-corrected chi connectivity index (χ4v) is 2.87. The summed E-state index contributed by atoms with van der Waals surface area (Å²) in [5, 5.41) is 11.3. The summed E-state index contributed by atoms with van der Waals surface area (Å²) in [6, 6.07) is 0. The van der Waals surface area contributed by atoms with Crippen LogP contribution < -0.4 is 0 Å². The van der Waals surface area contributed by atoms with Crippen LogP contribution in [0, 0.1) is 5.92 Å². The van der Waals surface area contributed by atoms with Crippen LogP contribution in [0.4, 0.5) is 0 Å². The zero-order valence-electron chi connectivity index (χ0n) is 11.5. The van der Waals surface area contributed by atoms with Crippen molar-refractivity contribution in [2.75, 3.05) is 19.7 Å². The minimum atomic E-state index is -0.500. The van der Waals surface area contributed by atoms with E-state index in [1.54, 1.807) is 24.1 Å². The van der Waals surface area contributed by atoms with Gasteiger partial charge in [0.25, 0.3) is 5.91 Å². The number of thiazole rings is 1. The molecule has 110 valence electrons. The largest absolute Gasteiger partial charge is 0.461 e. The third-order valence-electron chi connectivity index (χ3n) is 3.37. The number of carbonyl (C=O) groups is 2. The first-order valence-electron chi connectivity index (χ1n) is 6.63. The number of hydrogen-bond acceptors (Lipinski definition) is 6. The van der Waals surface area contributed by atoms with Crippen molar-refractivity contribution in [1.82, 2.24) is 9.88 Å². The first kappa shape index (κ1) is 14.9. The standard InChI is InChI=1S/C13H18N2O4S/c1-3-19-13(18)11-14-10(7-20-11)12(17)15-5-4-9(6-15)8(2)16/h7-9,16H,3-6H2,1-2H3. The van der Waals surface area contributed by atoms with Crippen LogP contribution in [-0.2, 0) is 4.74 Å². The van der Waals surface area contributed by atoms with Crippen LogP contribution in [0.2, 0.25) is 0 Å². The molecule has 2 unspecified atom stereocenters. The molecule has 2 heterocycles. The number of rotatable bonds is 4. The lowest BCUT2D eigenvalue weighted by molar-refractivity contribution is 0.0526. The molecule has 1 saturated heterocycles. The smallest absolute Gasteiger partial charge is 0.367 e. The second-order valence-corrected chi connectivity index (χ2v) is 5.66. The Hall–Kier alpha value is -1.47. The Bertz CT molecular complexity index is 500. The summed E-state index contributed by atoms with van der Waals surface area (Å²) >= 11 is 1.11. The molecule has 0 bridgehead atoms. The van der Waals surface area contributed by atoms with Gasteiger partial charge >= 0.3 is 5.97 Å². The molecule has 2 atom stereocenters. The van der Waals surface area contributed by atoms with Gasteiger partial charge in [-0.1, -0.05) is 0 Å². The maximum absolute atomic E-state index is 12.2. The number of carbonyl (C=O) groups excluding carboxylic acids is 2. The molecule has 0 aliphatic carbocycles. The average molecular weight is 298 g/mol. The normalized spacial score (nSPS) is 19.9. The van der Waals surface area contributed by atoms with Crippen molar-refractivity contribution in [3.63, 3.8) is 0 Å². The molecule has 1 N–H and O–H groups in total. The first-order chi connectivity index (χ1) is 9.52. The Balaban J connectivity index is 2.02. The van der Waals surface area contributed by atoms with Gasteiger partial charge in [-0.05, 0) is 20.3 Å². The van der Waals surface area contributed by atoms with Gasteiger partial charge in [0, 0.05) is 24.4 Å². The Labute approximate surface area is 121 Å². The van der Waals surface area contributed by atoms with E-state index in [-0.39, 0.29) is 29.1 Å². The van der Waals surface area contributed by atoms with E-state index >= 15 is 0 Å². The van der Waals surface area contributed by atoms with E-state index in [1.165, 1.54) is 0 Å². The van der Waals surface area contributed by atoms with E-state index in [9.17, 15) is 14.7 Å². The number of ether oxygens (including phenoxy) is 1. The molecule has 0 saturated carbocycles. The predicted octanol–water partition coefficient (Wildman–Crippen LogP) is 1.16. The number of hydrogen-bond donors (Lipinski definition) is 1. The maximum Gasteiger partial charge on any atom is 0.367 e. The third-order valence-corrected chi connectivity index (χ3v) is 4.19. The summed E-state index contributed by atoms with van der Waals surface area (Å²) in [5.74, 6) is -0.582. The first-order valence-corrected chi connectivity index (χ1v) is 7.50. The van der Waals surface area contributed by atoms with Gasteiger partial charge in [0.15, 0.2) is 0 Å². The number of aliphatic hydroxyl groups excluding tert-OH is 1. The van der Waals surface area contributed by atoms with Gasteiger partial charge in [0.05, 0.1) is 12.7 Å². The van der Waals surface area contributed by atoms with Crippen molar-refractivity contribution in [2.45, 2.75) is 26.4 Å². The molecule has 0 aromatic carbocycles. The van der Waals surface area contributed by atoms with Crippen LogP contribution in [-0.4, -0.2) is 52.7 Å². The second kappa shape index (κ2) is 6.32. The summed E-state index contributed by atoms with van der Waals surface area (Å²) in [4.78, 5) is 29.5. The molecular weight excluding hydrogens is 280 g/mol. The quantitative estimate of drug-likeness (QED) is 0.844. The molecule has 1 amide bonds. The zero-order chi connectivity index (χ0) is 14.7. The van der Waals surface area contributed by atoms with Gasteiger partial charge in [-0.15, -0.1) is 11.3 Å². The summed E-state index contributed by atoms with van der Waals surface area (Å²) in [6.45, 7) is 4.88. The molecular formula is C13H18N2O4S. The van der Waals surface area contributed by atoms with Gasteiger partial charge in [-0.25, -0.2) is 9.78 Å². The fourth-order valence-electron chi connectivity index (χ4n) is 2.19. The van der Waals surface area contributed by atoms with Crippen molar-refractivity contribution < 1.29 is 19.4 Å². The van der Waals surface area contributed by atoms with E-state index in [4.69, 9.17) is 4.74 Å². The van der Waals surface area contributed by atoms with Gasteiger partial charge in [0.1, 0.15) is 5.69 Å². The van der Waals surface area contributed by atoms with Crippen LogP contribution in [0.15, 0.2) is 5.38 Å². The third kappa shape index (κ3) is 3.16. The van der Waals surface area contributed by atoms with Crippen LogP contribution >= 0.6 is 11.3 Å². The fraction of sp³-hybridized carbons (Fsp3) is 0.615. The Morgan fingerprint density at radius 1 is 1.65 bits per heavy atom. The van der Waals surface area contributed by atoms with Crippen LogP contribution in [0.25, 0.3) is 0 Å². The SMILES string of the molecule is CCOC(=O)c1nc(C(=O)N2CCC(C(C)O)C2)cs1. The minimum Gasteiger partial charge on any atom is -0.461 e. The van der Waals surface area contributed by atoms with Crippen LogP contribution in [0.5, 0.6) is 0 Å². The lowest BCUT2D eigenvalue weighted by Crippen LogP contribution is -2.30. The molecule has 1 aromatic rings. The lowest BCUT2D eigenvalue weighted by Gasteiger charge is -2.16. The van der Waals surface area contributed by atoms with E-state index in [2.05, 4.69) is 4.98 Å². The van der Waals surface area contributed by atoms with E-state index < -0.39 is 12.1 Å².